The first-order valence-corrected chi connectivity index (χ1v) is 7.25. The molecule has 0 aromatic carbocycles. The first-order chi connectivity index (χ1) is 8.55. The van der Waals surface area contributed by atoms with Gasteiger partial charge < -0.3 is 14.5 Å². The lowest BCUT2D eigenvalue weighted by Crippen LogP contribution is -2.57. The van der Waals surface area contributed by atoms with E-state index in [-0.39, 0.29) is 23.0 Å². The van der Waals surface area contributed by atoms with E-state index >= 15 is 0 Å². The van der Waals surface area contributed by atoms with Crippen LogP contribution >= 0.6 is 0 Å². The van der Waals surface area contributed by atoms with Crippen molar-refractivity contribution in [2.75, 3.05) is 28.2 Å². The summed E-state index contributed by atoms with van der Waals surface area (Å²) >= 11 is 0. The number of nitrogens with one attached hydrogen (secondary N) is 1. The van der Waals surface area contributed by atoms with E-state index in [4.69, 9.17) is 4.74 Å². The van der Waals surface area contributed by atoms with Gasteiger partial charge in [0.25, 0.3) is 0 Å². The highest BCUT2D eigenvalue weighted by molar-refractivity contribution is 5.67. The molecule has 2 aliphatic rings. The molecule has 19 heavy (non-hydrogen) atoms. The first-order valence-electron chi connectivity index (χ1n) is 7.25. The van der Waals surface area contributed by atoms with Crippen LogP contribution in [0.1, 0.15) is 33.6 Å². The largest absolute Gasteiger partial charge is 0.439 e. The van der Waals surface area contributed by atoms with Crippen LogP contribution in [0.15, 0.2) is 0 Å². The molecule has 2 rings (SSSR count). The summed E-state index contributed by atoms with van der Waals surface area (Å²) in [5.41, 5.74) is 0.308. The number of carbonyl (C=O) groups excluding carboxylic acids is 1. The first kappa shape index (κ1) is 14.6. The normalized spacial score (nSPS) is 40.3. The van der Waals surface area contributed by atoms with Crippen molar-refractivity contribution in [2.24, 2.45) is 16.7 Å². The quantitative estimate of drug-likeness (QED) is 0.781. The molecule has 110 valence electrons. The zero-order valence-corrected chi connectivity index (χ0v) is 13.4. The molecule has 0 heterocycles. The standard InChI is InChI=1S/C15H28N2O2/c1-14(2)10-8-9-15(14,3)12(19-13(18)16-4)11(10)17(5,6)7/h10-12H,8-9H2,1-7H3/p+1. The van der Waals surface area contributed by atoms with Gasteiger partial charge in [-0.1, -0.05) is 20.8 Å². The molecule has 1 amide bonds. The Kier molecular flexibility index (Phi) is 3.17. The number of ether oxygens (including phenoxy) is 1. The average molecular weight is 269 g/mol. The van der Waals surface area contributed by atoms with Crippen LogP contribution in [-0.2, 0) is 4.74 Å². The number of quaternary nitrogens is 1. The summed E-state index contributed by atoms with van der Waals surface area (Å²) in [5.74, 6) is 0.618. The van der Waals surface area contributed by atoms with Crippen LogP contribution in [-0.4, -0.2) is 50.9 Å². The van der Waals surface area contributed by atoms with Crippen LogP contribution in [0, 0.1) is 16.7 Å². The lowest BCUT2D eigenvalue weighted by Gasteiger charge is -2.43. The molecule has 0 radical (unpaired) electrons. The van der Waals surface area contributed by atoms with Crippen molar-refractivity contribution >= 4 is 6.09 Å². The third-order valence-corrected chi connectivity index (χ3v) is 6.06. The topological polar surface area (TPSA) is 38.3 Å². The third kappa shape index (κ3) is 1.87. The second kappa shape index (κ2) is 4.11. The van der Waals surface area contributed by atoms with Gasteiger partial charge in [-0.05, 0) is 18.3 Å². The number of amides is 1. The number of likely N-dealkylation sites (N-methyl/N-ethyl adjacent to an activating group) is 1. The van der Waals surface area contributed by atoms with E-state index in [1.54, 1.807) is 7.05 Å². The van der Waals surface area contributed by atoms with Crippen molar-refractivity contribution < 1.29 is 14.0 Å². The van der Waals surface area contributed by atoms with Gasteiger partial charge in [-0.25, -0.2) is 4.79 Å². The highest BCUT2D eigenvalue weighted by atomic mass is 16.6. The second-order valence-corrected chi connectivity index (χ2v) is 7.97. The molecule has 0 saturated heterocycles. The lowest BCUT2D eigenvalue weighted by molar-refractivity contribution is -0.903. The molecule has 0 spiro atoms. The van der Waals surface area contributed by atoms with Crippen LogP contribution < -0.4 is 5.32 Å². The van der Waals surface area contributed by atoms with Crippen LogP contribution in [0.25, 0.3) is 0 Å². The molecule has 0 aromatic rings. The zero-order chi connectivity index (χ0) is 14.6. The fraction of sp³-hybridized carbons (Fsp3) is 0.933. The fourth-order valence-corrected chi connectivity index (χ4v) is 4.58. The third-order valence-electron chi connectivity index (χ3n) is 6.06. The van der Waals surface area contributed by atoms with E-state index < -0.39 is 0 Å². The van der Waals surface area contributed by atoms with Crippen molar-refractivity contribution in [3.05, 3.63) is 0 Å². The number of carbonyl (C=O) groups is 1. The van der Waals surface area contributed by atoms with E-state index in [0.717, 1.165) is 10.9 Å². The molecule has 2 aliphatic carbocycles. The summed E-state index contributed by atoms with van der Waals surface area (Å²) in [5, 5.41) is 2.60. The number of hydrogen-bond donors (Lipinski definition) is 1. The van der Waals surface area contributed by atoms with Crippen LogP contribution in [0.5, 0.6) is 0 Å². The summed E-state index contributed by atoms with van der Waals surface area (Å²) in [6.45, 7) is 7.00. The Morgan fingerprint density at radius 1 is 1.26 bits per heavy atom. The smallest absolute Gasteiger partial charge is 0.407 e. The molecule has 4 nitrogen and oxygen atoms in total. The number of nitrogens with zero attached hydrogens (tertiary/aromatic N) is 1. The van der Waals surface area contributed by atoms with E-state index in [0.29, 0.717) is 12.0 Å². The van der Waals surface area contributed by atoms with Gasteiger partial charge in [0.05, 0.1) is 21.1 Å². The number of alkyl carbamates (subject to hydrolysis) is 1. The van der Waals surface area contributed by atoms with Gasteiger partial charge in [0.2, 0.25) is 0 Å². The monoisotopic (exact) mass is 269 g/mol. The van der Waals surface area contributed by atoms with Gasteiger partial charge in [-0.3, -0.25) is 0 Å². The maximum atomic E-state index is 11.7. The summed E-state index contributed by atoms with van der Waals surface area (Å²) < 4.78 is 6.66. The van der Waals surface area contributed by atoms with Crippen molar-refractivity contribution in [2.45, 2.75) is 45.8 Å². The number of hydrogen-bond acceptors (Lipinski definition) is 2. The SMILES string of the molecule is CNC(=O)OC1C([N+](C)(C)C)C2CCC1(C)C2(C)C. The molecule has 2 saturated carbocycles. The van der Waals surface area contributed by atoms with Gasteiger partial charge in [-0.15, -0.1) is 0 Å². The molecular weight excluding hydrogens is 240 g/mol. The predicted molar refractivity (Wildman–Crippen MR) is 75.8 cm³/mol. The zero-order valence-electron chi connectivity index (χ0n) is 13.4. The Bertz CT molecular complexity index is 386. The molecular formula is C15H29N2O2+. The van der Waals surface area contributed by atoms with Gasteiger partial charge in [0, 0.05) is 18.4 Å². The maximum Gasteiger partial charge on any atom is 0.407 e. The van der Waals surface area contributed by atoms with Gasteiger partial charge in [0.1, 0.15) is 6.04 Å². The average Bonchev–Trinajstić information content (AvgIpc) is 2.59. The second-order valence-electron chi connectivity index (χ2n) is 7.97. The molecule has 0 aliphatic heterocycles. The van der Waals surface area contributed by atoms with Crippen molar-refractivity contribution in [3.8, 4) is 0 Å². The summed E-state index contributed by atoms with van der Waals surface area (Å²) in [7, 11) is 8.27. The molecule has 4 unspecified atom stereocenters. The predicted octanol–water partition coefficient (Wildman–Crippen LogP) is 2.24. The highest BCUT2D eigenvalue weighted by Gasteiger charge is 2.71. The minimum atomic E-state index is -0.298. The van der Waals surface area contributed by atoms with Gasteiger partial charge in [0.15, 0.2) is 6.10 Å². The maximum absolute atomic E-state index is 11.7. The summed E-state index contributed by atoms with van der Waals surface area (Å²) in [6, 6.07) is 0.381. The van der Waals surface area contributed by atoms with E-state index in [1.165, 1.54) is 6.42 Å². The molecule has 2 fully saturated rings. The molecule has 0 aromatic heterocycles. The van der Waals surface area contributed by atoms with E-state index in [2.05, 4.69) is 47.2 Å². The number of fused-ring (bicyclic) bond motifs is 2. The minimum absolute atomic E-state index is 0.00111. The number of rotatable bonds is 2. The molecule has 1 N–H and O–H groups in total. The Balaban J connectivity index is 2.40. The Morgan fingerprint density at radius 3 is 2.32 bits per heavy atom. The van der Waals surface area contributed by atoms with Gasteiger partial charge in [-0.2, -0.15) is 0 Å². The van der Waals surface area contributed by atoms with Crippen LogP contribution in [0.4, 0.5) is 4.79 Å². The van der Waals surface area contributed by atoms with Crippen molar-refractivity contribution in [1.82, 2.24) is 5.32 Å². The molecule has 4 atom stereocenters. The minimum Gasteiger partial charge on any atom is -0.439 e. The van der Waals surface area contributed by atoms with Crippen LogP contribution in [0.2, 0.25) is 0 Å². The van der Waals surface area contributed by atoms with Gasteiger partial charge >= 0.3 is 6.09 Å². The Hall–Kier alpha value is -0.770. The molecule has 4 heteroatoms. The van der Waals surface area contributed by atoms with Crippen LogP contribution in [0.3, 0.4) is 0 Å². The molecule has 2 bridgehead atoms. The summed E-state index contributed by atoms with van der Waals surface area (Å²) in [4.78, 5) is 11.7. The fourth-order valence-electron chi connectivity index (χ4n) is 4.58. The Labute approximate surface area is 117 Å². The highest BCUT2D eigenvalue weighted by Crippen LogP contribution is 2.67. The van der Waals surface area contributed by atoms with Crippen molar-refractivity contribution in [1.29, 1.82) is 0 Å². The lowest BCUT2D eigenvalue weighted by atomic mass is 9.70. The Morgan fingerprint density at radius 2 is 1.84 bits per heavy atom. The van der Waals surface area contributed by atoms with E-state index in [9.17, 15) is 4.79 Å². The summed E-state index contributed by atoms with van der Waals surface area (Å²) in [6.07, 6.45) is 2.11. The van der Waals surface area contributed by atoms with Crippen molar-refractivity contribution in [3.63, 3.8) is 0 Å². The van der Waals surface area contributed by atoms with E-state index in [1.807, 2.05) is 0 Å².